The first-order chi connectivity index (χ1) is 12.5. The van der Waals surface area contributed by atoms with Crippen molar-refractivity contribution >= 4 is 34.9 Å². The molecule has 1 aromatic heterocycles. The van der Waals surface area contributed by atoms with Gasteiger partial charge in [0.2, 0.25) is 5.91 Å². The monoisotopic (exact) mass is 373 g/mol. The van der Waals surface area contributed by atoms with E-state index < -0.39 is 23.8 Å². The maximum absolute atomic E-state index is 13.2. The van der Waals surface area contributed by atoms with Gasteiger partial charge in [-0.1, -0.05) is 6.07 Å². The summed E-state index contributed by atoms with van der Waals surface area (Å²) in [5.41, 5.74) is 0.282. The van der Waals surface area contributed by atoms with Crippen LogP contribution >= 0.6 is 11.3 Å². The average molecular weight is 373 g/mol. The Hall–Kier alpha value is -2.74. The number of imide groups is 1. The Kier molecular flexibility index (Phi) is 4.20. The van der Waals surface area contributed by atoms with Gasteiger partial charge in [-0.25, -0.2) is 14.1 Å². The standard InChI is InChI=1S/C18H16FN3O3S/c19-11-3-5-12(6-4-11)22-17(24)16-14(20-18(22)25)7-8-21(16)15(23)10-13-2-1-9-26-13/h1-6,9,14,16H,7-8,10H2,(H,20,25)/t14-,16+/m1/s1. The number of benzene rings is 1. The van der Waals surface area contributed by atoms with Crippen molar-refractivity contribution in [1.29, 1.82) is 0 Å². The first-order valence-electron chi connectivity index (χ1n) is 8.26. The van der Waals surface area contributed by atoms with Crippen LogP contribution in [0.3, 0.4) is 0 Å². The van der Waals surface area contributed by atoms with Crippen LogP contribution in [0.25, 0.3) is 0 Å². The van der Waals surface area contributed by atoms with E-state index in [-0.39, 0.29) is 24.1 Å². The molecule has 0 saturated carbocycles. The smallest absolute Gasteiger partial charge is 0.329 e. The van der Waals surface area contributed by atoms with Crippen molar-refractivity contribution in [3.63, 3.8) is 0 Å². The molecule has 2 saturated heterocycles. The molecular weight excluding hydrogens is 357 g/mol. The van der Waals surface area contributed by atoms with Crippen LogP contribution in [0.5, 0.6) is 0 Å². The van der Waals surface area contributed by atoms with E-state index in [1.165, 1.54) is 35.6 Å². The van der Waals surface area contributed by atoms with Gasteiger partial charge in [-0.15, -0.1) is 11.3 Å². The van der Waals surface area contributed by atoms with Gasteiger partial charge in [-0.2, -0.15) is 0 Å². The van der Waals surface area contributed by atoms with Crippen LogP contribution in [-0.2, 0) is 16.0 Å². The van der Waals surface area contributed by atoms with Crippen LogP contribution < -0.4 is 10.2 Å². The highest BCUT2D eigenvalue weighted by Gasteiger charge is 2.49. The van der Waals surface area contributed by atoms with Crippen molar-refractivity contribution in [1.82, 2.24) is 10.2 Å². The van der Waals surface area contributed by atoms with Crippen LogP contribution in [0.2, 0.25) is 0 Å². The average Bonchev–Trinajstić information content (AvgIpc) is 3.26. The summed E-state index contributed by atoms with van der Waals surface area (Å²) < 4.78 is 13.2. The SMILES string of the molecule is O=C1N[C@@H]2CCN(C(=O)Cc3cccs3)[C@@H]2C(=O)N1c1ccc(F)cc1. The lowest BCUT2D eigenvalue weighted by Crippen LogP contribution is -2.65. The van der Waals surface area contributed by atoms with Gasteiger partial charge >= 0.3 is 6.03 Å². The molecule has 2 fully saturated rings. The highest BCUT2D eigenvalue weighted by Crippen LogP contribution is 2.28. The molecule has 2 atom stereocenters. The number of amides is 4. The summed E-state index contributed by atoms with van der Waals surface area (Å²) in [5.74, 6) is -1.05. The third-order valence-corrected chi connectivity index (χ3v) is 5.57. The normalized spacial score (nSPS) is 22.3. The maximum Gasteiger partial charge on any atom is 0.329 e. The molecule has 2 aliphatic rings. The van der Waals surface area contributed by atoms with Gasteiger partial charge in [0, 0.05) is 11.4 Å². The van der Waals surface area contributed by atoms with Crippen molar-refractivity contribution in [3.8, 4) is 0 Å². The zero-order valence-corrected chi connectivity index (χ0v) is 14.5. The Morgan fingerprint density at radius 1 is 1.23 bits per heavy atom. The van der Waals surface area contributed by atoms with E-state index in [0.29, 0.717) is 13.0 Å². The zero-order chi connectivity index (χ0) is 18.3. The number of fused-ring (bicyclic) bond motifs is 1. The number of hydrogen-bond acceptors (Lipinski definition) is 4. The molecule has 6 nitrogen and oxygen atoms in total. The summed E-state index contributed by atoms with van der Waals surface area (Å²) >= 11 is 1.49. The fourth-order valence-corrected chi connectivity index (χ4v) is 4.18. The molecule has 4 rings (SSSR count). The summed E-state index contributed by atoms with van der Waals surface area (Å²) in [7, 11) is 0. The number of thiophene rings is 1. The number of rotatable bonds is 3. The number of nitrogens with one attached hydrogen (secondary N) is 1. The number of halogens is 1. The second kappa shape index (κ2) is 6.53. The Labute approximate surface area is 153 Å². The van der Waals surface area contributed by atoms with Gasteiger partial charge in [0.15, 0.2) is 0 Å². The Balaban J connectivity index is 1.58. The molecular formula is C18H16FN3O3S. The molecule has 2 aromatic rings. The molecule has 0 bridgehead atoms. The number of carbonyl (C=O) groups excluding carboxylic acids is 3. The first-order valence-corrected chi connectivity index (χ1v) is 9.14. The lowest BCUT2D eigenvalue weighted by Gasteiger charge is -2.36. The molecule has 0 spiro atoms. The number of carbonyl (C=O) groups is 3. The molecule has 4 amide bonds. The van der Waals surface area contributed by atoms with Crippen molar-refractivity contribution in [3.05, 3.63) is 52.5 Å². The summed E-state index contributed by atoms with van der Waals surface area (Å²) in [4.78, 5) is 41.5. The fourth-order valence-electron chi connectivity index (χ4n) is 3.48. The molecule has 0 radical (unpaired) electrons. The molecule has 2 aliphatic heterocycles. The molecule has 0 aliphatic carbocycles. The first kappa shape index (κ1) is 16.7. The van der Waals surface area contributed by atoms with Gasteiger partial charge in [-0.05, 0) is 42.1 Å². The summed E-state index contributed by atoms with van der Waals surface area (Å²) in [6.07, 6.45) is 0.772. The number of likely N-dealkylation sites (tertiary alicyclic amines) is 1. The van der Waals surface area contributed by atoms with Gasteiger partial charge in [0.05, 0.1) is 18.2 Å². The molecule has 0 unspecified atom stereocenters. The number of nitrogens with zero attached hydrogens (tertiary/aromatic N) is 2. The minimum absolute atomic E-state index is 0.136. The topological polar surface area (TPSA) is 69.7 Å². The highest BCUT2D eigenvalue weighted by molar-refractivity contribution is 7.10. The quantitative estimate of drug-likeness (QED) is 0.896. The predicted octanol–water partition coefficient (Wildman–Crippen LogP) is 2.16. The second-order valence-electron chi connectivity index (χ2n) is 6.28. The van der Waals surface area contributed by atoms with E-state index in [1.807, 2.05) is 17.5 Å². The highest BCUT2D eigenvalue weighted by atomic mass is 32.1. The number of anilines is 1. The summed E-state index contributed by atoms with van der Waals surface area (Å²) in [6, 6.07) is 7.22. The van der Waals surface area contributed by atoms with Crippen LogP contribution in [0.1, 0.15) is 11.3 Å². The van der Waals surface area contributed by atoms with E-state index in [0.717, 1.165) is 9.78 Å². The van der Waals surface area contributed by atoms with Gasteiger partial charge in [-0.3, -0.25) is 9.59 Å². The van der Waals surface area contributed by atoms with E-state index in [9.17, 15) is 18.8 Å². The molecule has 1 aromatic carbocycles. The fraction of sp³-hybridized carbons (Fsp3) is 0.278. The minimum Gasteiger partial charge on any atom is -0.332 e. The lowest BCUT2D eigenvalue weighted by molar-refractivity contribution is -0.137. The predicted molar refractivity (Wildman–Crippen MR) is 94.3 cm³/mol. The van der Waals surface area contributed by atoms with E-state index in [1.54, 1.807) is 4.90 Å². The van der Waals surface area contributed by atoms with Crippen LogP contribution in [-0.4, -0.2) is 41.4 Å². The minimum atomic E-state index is -0.731. The second-order valence-corrected chi connectivity index (χ2v) is 7.32. The Morgan fingerprint density at radius 2 is 2.00 bits per heavy atom. The van der Waals surface area contributed by atoms with E-state index >= 15 is 0 Å². The third kappa shape index (κ3) is 2.86. The van der Waals surface area contributed by atoms with Crippen LogP contribution in [0.15, 0.2) is 41.8 Å². The lowest BCUT2D eigenvalue weighted by atomic mass is 10.0. The molecule has 1 N–H and O–H groups in total. The Bertz CT molecular complexity index is 853. The molecule has 26 heavy (non-hydrogen) atoms. The van der Waals surface area contributed by atoms with Crippen molar-refractivity contribution < 1.29 is 18.8 Å². The van der Waals surface area contributed by atoms with Crippen LogP contribution in [0, 0.1) is 5.82 Å². The van der Waals surface area contributed by atoms with E-state index in [2.05, 4.69) is 5.32 Å². The molecule has 8 heteroatoms. The van der Waals surface area contributed by atoms with Gasteiger partial charge < -0.3 is 10.2 Å². The maximum atomic E-state index is 13.2. The summed E-state index contributed by atoms with van der Waals surface area (Å²) in [6.45, 7) is 0.419. The van der Waals surface area contributed by atoms with Crippen molar-refractivity contribution in [2.75, 3.05) is 11.4 Å². The van der Waals surface area contributed by atoms with Crippen molar-refractivity contribution in [2.24, 2.45) is 0 Å². The molecule has 3 heterocycles. The largest absolute Gasteiger partial charge is 0.332 e. The van der Waals surface area contributed by atoms with Crippen LogP contribution in [0.4, 0.5) is 14.9 Å². The number of hydrogen-bond donors (Lipinski definition) is 1. The Morgan fingerprint density at radius 3 is 2.69 bits per heavy atom. The van der Waals surface area contributed by atoms with Gasteiger partial charge in [0.1, 0.15) is 11.9 Å². The number of urea groups is 1. The third-order valence-electron chi connectivity index (χ3n) is 4.69. The molecule has 134 valence electrons. The zero-order valence-electron chi connectivity index (χ0n) is 13.7. The van der Waals surface area contributed by atoms with Gasteiger partial charge in [0.25, 0.3) is 5.91 Å². The van der Waals surface area contributed by atoms with Crippen molar-refractivity contribution in [2.45, 2.75) is 24.9 Å². The van der Waals surface area contributed by atoms with E-state index in [4.69, 9.17) is 0 Å². The summed E-state index contributed by atoms with van der Waals surface area (Å²) in [5, 5.41) is 4.70.